The Hall–Kier alpha value is -0.0800. The molecule has 0 aliphatic carbocycles. The Bertz CT molecular complexity index is 108. The Morgan fingerprint density at radius 1 is 1.55 bits per heavy atom. The monoisotopic (exact) mass is 157 g/mol. The SMILES string of the molecule is CCCCC1(CN)CCCO1. The molecule has 0 aromatic carbocycles. The maximum absolute atomic E-state index is 5.68. The zero-order valence-corrected chi connectivity index (χ0v) is 7.44. The summed E-state index contributed by atoms with van der Waals surface area (Å²) in [4.78, 5) is 0. The quantitative estimate of drug-likeness (QED) is 0.674. The van der Waals surface area contributed by atoms with Crippen LogP contribution in [0, 0.1) is 0 Å². The lowest BCUT2D eigenvalue weighted by Crippen LogP contribution is -2.36. The normalized spacial score (nSPS) is 31.1. The Morgan fingerprint density at radius 3 is 2.82 bits per heavy atom. The average molecular weight is 157 g/mol. The second-order valence-corrected chi connectivity index (χ2v) is 3.44. The molecule has 66 valence electrons. The third kappa shape index (κ3) is 2.17. The van der Waals surface area contributed by atoms with Crippen LogP contribution in [0.1, 0.15) is 39.0 Å². The van der Waals surface area contributed by atoms with Crippen molar-refractivity contribution in [2.75, 3.05) is 13.2 Å². The fourth-order valence-electron chi connectivity index (χ4n) is 1.71. The van der Waals surface area contributed by atoms with E-state index >= 15 is 0 Å². The van der Waals surface area contributed by atoms with Gasteiger partial charge in [-0.2, -0.15) is 0 Å². The molecule has 1 atom stereocenters. The van der Waals surface area contributed by atoms with Crippen molar-refractivity contribution >= 4 is 0 Å². The van der Waals surface area contributed by atoms with Crippen molar-refractivity contribution in [2.45, 2.75) is 44.6 Å². The molecular formula is C9H19NO. The molecule has 1 aliphatic rings. The Morgan fingerprint density at radius 2 is 2.36 bits per heavy atom. The van der Waals surface area contributed by atoms with Gasteiger partial charge in [0.2, 0.25) is 0 Å². The van der Waals surface area contributed by atoms with Gasteiger partial charge in [0, 0.05) is 13.2 Å². The predicted octanol–water partition coefficient (Wildman–Crippen LogP) is 1.68. The first kappa shape index (κ1) is 9.01. The first-order chi connectivity index (χ1) is 5.33. The van der Waals surface area contributed by atoms with Gasteiger partial charge in [0.05, 0.1) is 5.60 Å². The van der Waals surface area contributed by atoms with Gasteiger partial charge in [-0.25, -0.2) is 0 Å². The minimum absolute atomic E-state index is 0.0655. The fourth-order valence-corrected chi connectivity index (χ4v) is 1.71. The van der Waals surface area contributed by atoms with Crippen LogP contribution in [-0.4, -0.2) is 18.8 Å². The molecular weight excluding hydrogens is 138 g/mol. The number of rotatable bonds is 4. The van der Waals surface area contributed by atoms with Gasteiger partial charge >= 0.3 is 0 Å². The van der Waals surface area contributed by atoms with Crippen molar-refractivity contribution in [3.8, 4) is 0 Å². The molecule has 11 heavy (non-hydrogen) atoms. The first-order valence-corrected chi connectivity index (χ1v) is 4.67. The van der Waals surface area contributed by atoms with Crippen LogP contribution in [0.5, 0.6) is 0 Å². The van der Waals surface area contributed by atoms with Crippen LogP contribution in [0.25, 0.3) is 0 Å². The molecule has 0 spiro atoms. The molecule has 2 N–H and O–H groups in total. The molecule has 0 amide bonds. The summed E-state index contributed by atoms with van der Waals surface area (Å²) >= 11 is 0. The molecule has 2 heteroatoms. The van der Waals surface area contributed by atoms with Crippen LogP contribution in [0.15, 0.2) is 0 Å². The molecule has 0 radical (unpaired) electrons. The molecule has 0 saturated carbocycles. The lowest BCUT2D eigenvalue weighted by molar-refractivity contribution is 0.00325. The predicted molar refractivity (Wildman–Crippen MR) is 46.5 cm³/mol. The minimum Gasteiger partial charge on any atom is -0.374 e. The molecule has 1 aliphatic heterocycles. The van der Waals surface area contributed by atoms with Crippen molar-refractivity contribution in [3.05, 3.63) is 0 Å². The molecule has 1 unspecified atom stereocenters. The third-order valence-corrected chi connectivity index (χ3v) is 2.54. The third-order valence-electron chi connectivity index (χ3n) is 2.54. The van der Waals surface area contributed by atoms with Crippen molar-refractivity contribution < 1.29 is 4.74 Å². The summed E-state index contributed by atoms with van der Waals surface area (Å²) in [7, 11) is 0. The van der Waals surface area contributed by atoms with E-state index in [0.29, 0.717) is 6.54 Å². The molecule has 2 nitrogen and oxygen atoms in total. The zero-order chi connectivity index (χ0) is 8.16. The number of hydrogen-bond acceptors (Lipinski definition) is 2. The number of ether oxygens (including phenoxy) is 1. The Balaban J connectivity index is 2.33. The first-order valence-electron chi connectivity index (χ1n) is 4.67. The maximum atomic E-state index is 5.68. The highest BCUT2D eigenvalue weighted by Gasteiger charge is 2.32. The van der Waals surface area contributed by atoms with E-state index in [0.717, 1.165) is 13.0 Å². The van der Waals surface area contributed by atoms with Crippen LogP contribution < -0.4 is 5.73 Å². The summed E-state index contributed by atoms with van der Waals surface area (Å²) in [6.45, 7) is 3.83. The van der Waals surface area contributed by atoms with Gasteiger partial charge in [0.25, 0.3) is 0 Å². The molecule has 0 bridgehead atoms. The largest absolute Gasteiger partial charge is 0.374 e. The van der Waals surface area contributed by atoms with Crippen molar-refractivity contribution in [1.82, 2.24) is 0 Å². The van der Waals surface area contributed by atoms with E-state index in [9.17, 15) is 0 Å². The maximum Gasteiger partial charge on any atom is 0.0804 e. The molecule has 0 aromatic heterocycles. The van der Waals surface area contributed by atoms with Crippen LogP contribution in [0.4, 0.5) is 0 Å². The summed E-state index contributed by atoms with van der Waals surface area (Å²) in [6.07, 6.45) is 6.01. The highest BCUT2D eigenvalue weighted by atomic mass is 16.5. The van der Waals surface area contributed by atoms with Gasteiger partial charge in [0.1, 0.15) is 0 Å². The van der Waals surface area contributed by atoms with Gasteiger partial charge in [-0.3, -0.25) is 0 Å². The van der Waals surface area contributed by atoms with Crippen LogP contribution >= 0.6 is 0 Å². The van der Waals surface area contributed by atoms with Crippen molar-refractivity contribution in [1.29, 1.82) is 0 Å². The van der Waals surface area contributed by atoms with E-state index in [2.05, 4.69) is 6.92 Å². The smallest absolute Gasteiger partial charge is 0.0804 e. The van der Waals surface area contributed by atoms with Gasteiger partial charge < -0.3 is 10.5 Å². The second kappa shape index (κ2) is 4.07. The Kier molecular flexibility index (Phi) is 3.34. The highest BCUT2D eigenvalue weighted by molar-refractivity contribution is 4.85. The minimum atomic E-state index is 0.0655. The van der Waals surface area contributed by atoms with E-state index < -0.39 is 0 Å². The standard InChI is InChI=1S/C9H19NO/c1-2-3-5-9(8-10)6-4-7-11-9/h2-8,10H2,1H3. The average Bonchev–Trinajstić information content (AvgIpc) is 2.50. The van der Waals surface area contributed by atoms with E-state index in [1.807, 2.05) is 0 Å². The van der Waals surface area contributed by atoms with Crippen molar-refractivity contribution in [3.63, 3.8) is 0 Å². The zero-order valence-electron chi connectivity index (χ0n) is 7.44. The van der Waals surface area contributed by atoms with Crippen LogP contribution in [0.3, 0.4) is 0 Å². The van der Waals surface area contributed by atoms with E-state index in [1.54, 1.807) is 0 Å². The topological polar surface area (TPSA) is 35.2 Å². The van der Waals surface area contributed by atoms with E-state index in [1.165, 1.54) is 25.7 Å². The molecule has 1 heterocycles. The van der Waals surface area contributed by atoms with Gasteiger partial charge in [0.15, 0.2) is 0 Å². The summed E-state index contributed by atoms with van der Waals surface area (Å²) < 4.78 is 5.67. The van der Waals surface area contributed by atoms with E-state index in [-0.39, 0.29) is 5.60 Å². The molecule has 1 fully saturated rings. The van der Waals surface area contributed by atoms with E-state index in [4.69, 9.17) is 10.5 Å². The summed E-state index contributed by atoms with van der Waals surface area (Å²) in [5.74, 6) is 0. The Labute approximate surface area is 69.1 Å². The van der Waals surface area contributed by atoms with Gasteiger partial charge in [-0.1, -0.05) is 19.8 Å². The second-order valence-electron chi connectivity index (χ2n) is 3.44. The number of unbranched alkanes of at least 4 members (excludes halogenated alkanes) is 1. The molecule has 1 rings (SSSR count). The summed E-state index contributed by atoms with van der Waals surface area (Å²) in [6, 6.07) is 0. The fraction of sp³-hybridized carbons (Fsp3) is 1.00. The van der Waals surface area contributed by atoms with Crippen molar-refractivity contribution in [2.24, 2.45) is 5.73 Å². The summed E-state index contributed by atoms with van der Waals surface area (Å²) in [5.41, 5.74) is 5.75. The van der Waals surface area contributed by atoms with Crippen LogP contribution in [0.2, 0.25) is 0 Å². The van der Waals surface area contributed by atoms with Gasteiger partial charge in [-0.05, 0) is 19.3 Å². The molecule has 0 aromatic rings. The lowest BCUT2D eigenvalue weighted by Gasteiger charge is -2.26. The number of hydrogen-bond donors (Lipinski definition) is 1. The molecule has 1 saturated heterocycles. The van der Waals surface area contributed by atoms with Gasteiger partial charge in [-0.15, -0.1) is 0 Å². The lowest BCUT2D eigenvalue weighted by atomic mass is 9.94. The highest BCUT2D eigenvalue weighted by Crippen LogP contribution is 2.29. The summed E-state index contributed by atoms with van der Waals surface area (Å²) in [5, 5.41) is 0. The number of nitrogens with two attached hydrogens (primary N) is 1. The van der Waals surface area contributed by atoms with Crippen LogP contribution in [-0.2, 0) is 4.74 Å².